The largest absolute Gasteiger partial charge is 0.492 e. The van der Waals surface area contributed by atoms with E-state index in [4.69, 9.17) is 9.57 Å². The monoisotopic (exact) mass is 494 g/mol. The third-order valence-corrected chi connectivity index (χ3v) is 5.87. The molecule has 1 unspecified atom stereocenters. The normalized spacial score (nSPS) is 14.9. The van der Waals surface area contributed by atoms with Crippen LogP contribution in [0.1, 0.15) is 37.4 Å². The van der Waals surface area contributed by atoms with Gasteiger partial charge in [-0.15, -0.1) is 12.4 Å². The first-order chi connectivity index (χ1) is 16.7. The van der Waals surface area contributed by atoms with Crippen molar-refractivity contribution in [2.45, 2.75) is 26.3 Å². The van der Waals surface area contributed by atoms with Crippen molar-refractivity contribution < 1.29 is 9.57 Å². The molecule has 184 valence electrons. The number of hydroxylamine groups is 1. The predicted octanol–water partition coefficient (Wildman–Crippen LogP) is 5.12. The van der Waals surface area contributed by atoms with Gasteiger partial charge in [-0.2, -0.15) is 10.2 Å². The molecule has 1 saturated heterocycles. The number of hydrogen-bond acceptors (Lipinski definition) is 8. The van der Waals surface area contributed by atoms with Crippen LogP contribution in [0.25, 0.3) is 0 Å². The van der Waals surface area contributed by atoms with Crippen LogP contribution in [0.5, 0.6) is 5.75 Å². The lowest BCUT2D eigenvalue weighted by Crippen LogP contribution is -2.27. The van der Waals surface area contributed by atoms with Gasteiger partial charge in [0.2, 0.25) is 5.95 Å². The van der Waals surface area contributed by atoms with Gasteiger partial charge in [0.25, 0.3) is 0 Å². The molecule has 4 rings (SSSR count). The zero-order chi connectivity index (χ0) is 23.8. The van der Waals surface area contributed by atoms with Crippen LogP contribution in [0.3, 0.4) is 0 Å². The molecule has 1 fully saturated rings. The van der Waals surface area contributed by atoms with Crippen LogP contribution in [0.2, 0.25) is 0 Å². The van der Waals surface area contributed by atoms with Gasteiger partial charge in [0.15, 0.2) is 5.82 Å². The van der Waals surface area contributed by atoms with E-state index in [1.165, 1.54) is 6.20 Å². The number of likely N-dealkylation sites (N-methyl/N-ethyl adjacent to an activating group) is 1. The molecule has 3 aromatic rings. The zero-order valence-corrected chi connectivity index (χ0v) is 20.9. The fourth-order valence-electron chi connectivity index (χ4n) is 3.93. The molecule has 0 radical (unpaired) electrons. The molecule has 0 aliphatic carbocycles. The number of hydrogen-bond donors (Lipinski definition) is 1. The molecule has 1 atom stereocenters. The van der Waals surface area contributed by atoms with Crippen LogP contribution in [0.15, 0.2) is 60.8 Å². The summed E-state index contributed by atoms with van der Waals surface area (Å²) in [6.45, 7) is 8.45. The Morgan fingerprint density at radius 3 is 2.57 bits per heavy atom. The van der Waals surface area contributed by atoms with E-state index in [-0.39, 0.29) is 18.4 Å². The highest BCUT2D eigenvalue weighted by Gasteiger charge is 2.31. The second kappa shape index (κ2) is 12.9. The van der Waals surface area contributed by atoms with Gasteiger partial charge in [-0.25, -0.2) is 10.0 Å². The van der Waals surface area contributed by atoms with Gasteiger partial charge in [-0.1, -0.05) is 44.2 Å². The molecule has 35 heavy (non-hydrogen) atoms. The Morgan fingerprint density at radius 2 is 1.89 bits per heavy atom. The van der Waals surface area contributed by atoms with E-state index in [2.05, 4.69) is 52.2 Å². The summed E-state index contributed by atoms with van der Waals surface area (Å²) in [4.78, 5) is 17.2. The molecule has 0 spiro atoms. The van der Waals surface area contributed by atoms with Gasteiger partial charge >= 0.3 is 0 Å². The van der Waals surface area contributed by atoms with Crippen LogP contribution in [0.4, 0.5) is 17.5 Å². The standard InChI is InChI=1S/C26H30N6O2.ClH/c1-3-31(4-2)15-17-33-23-12-10-22(11-13-23)29-26-28-19-21(18-27)25(30-26)32-24(14-16-34-32)20-8-6-5-7-9-20;/h5-13,19,24H,3-4,14-17H2,1-2H3,(H,28,29,30);1H. The van der Waals surface area contributed by atoms with Crippen molar-refractivity contribution in [3.05, 3.63) is 71.9 Å². The second-order valence-electron chi connectivity index (χ2n) is 7.94. The van der Waals surface area contributed by atoms with Crippen molar-refractivity contribution in [1.82, 2.24) is 14.9 Å². The van der Waals surface area contributed by atoms with Gasteiger partial charge in [0.05, 0.1) is 18.8 Å². The van der Waals surface area contributed by atoms with Crippen molar-refractivity contribution >= 4 is 29.9 Å². The molecule has 9 heteroatoms. The quantitative estimate of drug-likeness (QED) is 0.415. The van der Waals surface area contributed by atoms with Crippen molar-refractivity contribution in [3.8, 4) is 11.8 Å². The Labute approximate surface area is 212 Å². The van der Waals surface area contributed by atoms with Crippen LogP contribution < -0.4 is 15.1 Å². The highest BCUT2D eigenvalue weighted by atomic mass is 35.5. The van der Waals surface area contributed by atoms with Gasteiger partial charge in [-0.05, 0) is 42.9 Å². The Kier molecular flexibility index (Phi) is 9.67. The topological polar surface area (TPSA) is 86.5 Å². The summed E-state index contributed by atoms with van der Waals surface area (Å²) in [6, 6.07) is 20.0. The Hall–Kier alpha value is -3.38. The lowest BCUT2D eigenvalue weighted by molar-refractivity contribution is 0.156. The molecule has 8 nitrogen and oxygen atoms in total. The minimum atomic E-state index is -0.0103. The lowest BCUT2D eigenvalue weighted by Gasteiger charge is -2.24. The molecule has 0 bridgehead atoms. The number of rotatable bonds is 10. The maximum absolute atomic E-state index is 9.63. The first kappa shape index (κ1) is 26.2. The Morgan fingerprint density at radius 1 is 1.14 bits per heavy atom. The zero-order valence-electron chi connectivity index (χ0n) is 20.1. The van der Waals surface area contributed by atoms with E-state index in [0.717, 1.165) is 43.1 Å². The predicted molar refractivity (Wildman–Crippen MR) is 139 cm³/mol. The summed E-state index contributed by atoms with van der Waals surface area (Å²) in [6.07, 6.45) is 2.34. The molecule has 0 saturated carbocycles. The summed E-state index contributed by atoms with van der Waals surface area (Å²) < 4.78 is 5.86. The average molecular weight is 495 g/mol. The number of halogens is 1. The molecule has 1 aliphatic rings. The third kappa shape index (κ3) is 6.61. The summed E-state index contributed by atoms with van der Waals surface area (Å²) in [7, 11) is 0. The van der Waals surface area contributed by atoms with Crippen LogP contribution in [0, 0.1) is 11.3 Å². The van der Waals surface area contributed by atoms with E-state index >= 15 is 0 Å². The SMILES string of the molecule is CCN(CC)CCOc1ccc(Nc2ncc(C#N)c(N3OCCC3c3ccccc3)n2)cc1.Cl. The van der Waals surface area contributed by atoms with E-state index in [1.54, 1.807) is 5.06 Å². The average Bonchev–Trinajstić information content (AvgIpc) is 3.38. The highest BCUT2D eigenvalue weighted by Crippen LogP contribution is 2.35. The molecule has 1 aliphatic heterocycles. The molecule has 2 aromatic carbocycles. The van der Waals surface area contributed by atoms with E-state index in [1.807, 2.05) is 42.5 Å². The number of nitrogens with one attached hydrogen (secondary N) is 1. The summed E-state index contributed by atoms with van der Waals surface area (Å²) in [5, 5.41) is 14.6. The van der Waals surface area contributed by atoms with Crippen molar-refractivity contribution in [3.63, 3.8) is 0 Å². The maximum Gasteiger partial charge on any atom is 0.229 e. The van der Waals surface area contributed by atoms with Crippen molar-refractivity contribution in [2.75, 3.05) is 43.2 Å². The lowest BCUT2D eigenvalue weighted by atomic mass is 10.0. The third-order valence-electron chi connectivity index (χ3n) is 5.87. The van der Waals surface area contributed by atoms with E-state index < -0.39 is 0 Å². The molecule has 1 aromatic heterocycles. The van der Waals surface area contributed by atoms with Crippen LogP contribution in [-0.2, 0) is 4.84 Å². The van der Waals surface area contributed by atoms with Gasteiger partial charge in [-0.3, -0.25) is 4.84 Å². The van der Waals surface area contributed by atoms with Gasteiger partial charge < -0.3 is 15.0 Å². The minimum Gasteiger partial charge on any atom is -0.492 e. The first-order valence-corrected chi connectivity index (χ1v) is 11.7. The fourth-order valence-corrected chi connectivity index (χ4v) is 3.93. The number of ether oxygens (including phenoxy) is 1. The van der Waals surface area contributed by atoms with Crippen LogP contribution in [-0.4, -0.2) is 47.7 Å². The first-order valence-electron chi connectivity index (χ1n) is 11.7. The Bertz CT molecular complexity index is 1100. The molecular formula is C26H31ClN6O2. The molecule has 1 N–H and O–H groups in total. The number of nitriles is 1. The number of aromatic nitrogens is 2. The number of benzene rings is 2. The Balaban J connectivity index is 0.00000342. The molecule has 2 heterocycles. The molecule has 0 amide bonds. The maximum atomic E-state index is 9.63. The number of nitrogens with zero attached hydrogens (tertiary/aromatic N) is 5. The van der Waals surface area contributed by atoms with Gasteiger partial charge in [0.1, 0.15) is 24.0 Å². The van der Waals surface area contributed by atoms with E-state index in [9.17, 15) is 5.26 Å². The van der Waals surface area contributed by atoms with Crippen LogP contribution >= 0.6 is 12.4 Å². The minimum absolute atomic E-state index is 0. The van der Waals surface area contributed by atoms with Gasteiger partial charge in [0, 0.05) is 18.7 Å². The summed E-state index contributed by atoms with van der Waals surface area (Å²) >= 11 is 0. The highest BCUT2D eigenvalue weighted by molar-refractivity contribution is 5.85. The second-order valence-corrected chi connectivity index (χ2v) is 7.94. The van der Waals surface area contributed by atoms with Crippen molar-refractivity contribution in [1.29, 1.82) is 5.26 Å². The molecular weight excluding hydrogens is 464 g/mol. The summed E-state index contributed by atoms with van der Waals surface area (Å²) in [5.41, 5.74) is 2.31. The summed E-state index contributed by atoms with van der Waals surface area (Å²) in [5.74, 6) is 1.67. The fraction of sp³-hybridized carbons (Fsp3) is 0.346. The van der Waals surface area contributed by atoms with Crippen molar-refractivity contribution in [2.24, 2.45) is 0 Å². The van der Waals surface area contributed by atoms with E-state index in [0.29, 0.717) is 30.5 Å². The smallest absolute Gasteiger partial charge is 0.229 e. The number of anilines is 3.